The van der Waals surface area contributed by atoms with Crippen LogP contribution in [-0.2, 0) is 16.6 Å². The van der Waals surface area contributed by atoms with E-state index in [4.69, 9.17) is 9.88 Å². The van der Waals surface area contributed by atoms with E-state index in [0.29, 0.717) is 5.56 Å². The minimum absolute atomic E-state index is 0.0457. The van der Waals surface area contributed by atoms with Gasteiger partial charge in [0.15, 0.2) is 0 Å². The molecule has 1 heterocycles. The summed E-state index contributed by atoms with van der Waals surface area (Å²) in [6.07, 6.45) is 1.64. The summed E-state index contributed by atoms with van der Waals surface area (Å²) in [7, 11) is -2.19. The van der Waals surface area contributed by atoms with E-state index >= 15 is 0 Å². The van der Waals surface area contributed by atoms with Crippen molar-refractivity contribution < 1.29 is 17.9 Å². The highest BCUT2D eigenvalue weighted by Gasteiger charge is 2.12. The van der Waals surface area contributed by atoms with Crippen LogP contribution in [0.5, 0.6) is 5.75 Å². The van der Waals surface area contributed by atoms with Gasteiger partial charge in [-0.15, -0.1) is 0 Å². The number of benzene rings is 2. The first-order valence-corrected chi connectivity index (χ1v) is 9.51. The highest BCUT2D eigenvalue weighted by molar-refractivity contribution is 7.89. The molecule has 0 radical (unpaired) electrons. The van der Waals surface area contributed by atoms with E-state index < -0.39 is 10.0 Å². The van der Waals surface area contributed by atoms with E-state index in [9.17, 15) is 13.2 Å². The fourth-order valence-electron chi connectivity index (χ4n) is 2.53. The van der Waals surface area contributed by atoms with Crippen molar-refractivity contribution in [1.29, 1.82) is 0 Å². The number of methoxy groups -OCH3 is 1. The molecule has 0 saturated carbocycles. The normalized spacial score (nSPS) is 11.2. The minimum Gasteiger partial charge on any atom is -0.497 e. The fraction of sp³-hybridized carbons (Fsp3) is 0.111. The van der Waals surface area contributed by atoms with Gasteiger partial charge in [-0.1, -0.05) is 0 Å². The summed E-state index contributed by atoms with van der Waals surface area (Å²) >= 11 is 0. The van der Waals surface area contributed by atoms with Crippen molar-refractivity contribution in [1.82, 2.24) is 15.5 Å². The Morgan fingerprint density at radius 3 is 2.41 bits per heavy atom. The van der Waals surface area contributed by atoms with E-state index in [2.05, 4.69) is 15.5 Å². The third-order valence-electron chi connectivity index (χ3n) is 3.98. The molecule has 0 spiro atoms. The van der Waals surface area contributed by atoms with Crippen LogP contribution in [0.1, 0.15) is 15.9 Å². The van der Waals surface area contributed by atoms with Crippen LogP contribution in [0.25, 0.3) is 11.3 Å². The molecule has 9 heteroatoms. The number of primary sulfonamides is 1. The molecule has 0 saturated heterocycles. The van der Waals surface area contributed by atoms with Crippen molar-refractivity contribution in [2.75, 3.05) is 7.11 Å². The molecular formula is C18H18N4O4S. The lowest BCUT2D eigenvalue weighted by molar-refractivity contribution is 0.0951. The van der Waals surface area contributed by atoms with Gasteiger partial charge in [-0.2, -0.15) is 5.10 Å². The first kappa shape index (κ1) is 18.6. The molecule has 1 amide bonds. The van der Waals surface area contributed by atoms with E-state index in [1.54, 1.807) is 13.3 Å². The Bertz CT molecular complexity index is 1040. The number of nitrogens with two attached hydrogens (primary N) is 1. The molecule has 0 fully saturated rings. The van der Waals surface area contributed by atoms with E-state index in [1.807, 2.05) is 24.3 Å². The van der Waals surface area contributed by atoms with E-state index in [-0.39, 0.29) is 17.3 Å². The van der Waals surface area contributed by atoms with Crippen molar-refractivity contribution in [2.24, 2.45) is 5.14 Å². The third-order valence-corrected chi connectivity index (χ3v) is 4.91. The molecule has 0 unspecified atom stereocenters. The smallest absolute Gasteiger partial charge is 0.251 e. The van der Waals surface area contributed by atoms with Gasteiger partial charge < -0.3 is 10.1 Å². The predicted molar refractivity (Wildman–Crippen MR) is 99.6 cm³/mol. The minimum atomic E-state index is -3.79. The number of sulfonamides is 1. The number of H-pyrrole nitrogens is 1. The molecule has 27 heavy (non-hydrogen) atoms. The molecular weight excluding hydrogens is 368 g/mol. The molecule has 140 valence electrons. The Balaban J connectivity index is 1.70. The summed E-state index contributed by atoms with van der Waals surface area (Å²) < 4.78 is 27.7. The van der Waals surface area contributed by atoms with E-state index in [1.165, 1.54) is 24.3 Å². The average molecular weight is 386 g/mol. The first-order valence-electron chi connectivity index (χ1n) is 7.96. The Morgan fingerprint density at radius 1 is 1.15 bits per heavy atom. The highest BCUT2D eigenvalue weighted by atomic mass is 32.2. The summed E-state index contributed by atoms with van der Waals surface area (Å²) in [5.74, 6) is 0.411. The molecule has 0 aliphatic heterocycles. The summed E-state index contributed by atoms with van der Waals surface area (Å²) in [5, 5.41) is 14.8. The Labute approximate surface area is 156 Å². The summed E-state index contributed by atoms with van der Waals surface area (Å²) in [4.78, 5) is 12.2. The Kier molecular flexibility index (Phi) is 5.24. The number of aromatic nitrogens is 2. The zero-order valence-electron chi connectivity index (χ0n) is 14.5. The predicted octanol–water partition coefficient (Wildman–Crippen LogP) is 1.66. The van der Waals surface area contributed by atoms with Crippen LogP contribution in [0.2, 0.25) is 0 Å². The zero-order chi connectivity index (χ0) is 19.4. The monoisotopic (exact) mass is 386 g/mol. The molecule has 4 N–H and O–H groups in total. The van der Waals surface area contributed by atoms with Gasteiger partial charge in [0.2, 0.25) is 10.0 Å². The highest BCUT2D eigenvalue weighted by Crippen LogP contribution is 2.23. The molecule has 3 aromatic rings. The lowest BCUT2D eigenvalue weighted by atomic mass is 10.1. The Hall–Kier alpha value is -3.17. The average Bonchev–Trinajstić information content (AvgIpc) is 3.14. The van der Waals surface area contributed by atoms with E-state index in [0.717, 1.165) is 22.6 Å². The number of carbonyl (C=O) groups is 1. The molecule has 0 atom stereocenters. The lowest BCUT2D eigenvalue weighted by Gasteiger charge is -2.07. The number of nitrogens with zero attached hydrogens (tertiary/aromatic N) is 1. The molecule has 0 aliphatic carbocycles. The van der Waals surface area contributed by atoms with Crippen molar-refractivity contribution in [3.8, 4) is 17.0 Å². The second-order valence-corrected chi connectivity index (χ2v) is 7.31. The standard InChI is InChI=1S/C18H18N4O4S/c1-26-15-6-2-12(3-7-15)17-14(11-21-22-17)10-20-18(23)13-4-8-16(9-5-13)27(19,24)25/h2-9,11H,10H2,1H3,(H,20,23)(H,21,22)(H2,19,24,25). The summed E-state index contributed by atoms with van der Waals surface area (Å²) in [6.45, 7) is 0.258. The number of aromatic amines is 1. The number of rotatable bonds is 6. The van der Waals surface area contributed by atoms with Crippen LogP contribution in [-0.4, -0.2) is 31.6 Å². The van der Waals surface area contributed by atoms with Crippen LogP contribution in [0.4, 0.5) is 0 Å². The quantitative estimate of drug-likeness (QED) is 0.594. The SMILES string of the molecule is COc1ccc(-c2[nH]ncc2CNC(=O)c2ccc(S(N)(=O)=O)cc2)cc1. The van der Waals surface area contributed by atoms with Crippen LogP contribution in [0.3, 0.4) is 0 Å². The van der Waals surface area contributed by atoms with Gasteiger partial charge in [0, 0.05) is 23.2 Å². The van der Waals surface area contributed by atoms with Gasteiger partial charge in [0.25, 0.3) is 5.91 Å². The van der Waals surface area contributed by atoms with Gasteiger partial charge in [-0.25, -0.2) is 13.6 Å². The van der Waals surface area contributed by atoms with Crippen LogP contribution in [0.15, 0.2) is 59.6 Å². The maximum atomic E-state index is 12.3. The number of hydrogen-bond donors (Lipinski definition) is 3. The molecule has 3 rings (SSSR count). The maximum Gasteiger partial charge on any atom is 0.251 e. The van der Waals surface area contributed by atoms with Gasteiger partial charge >= 0.3 is 0 Å². The molecule has 8 nitrogen and oxygen atoms in total. The number of amides is 1. The Morgan fingerprint density at radius 2 is 1.81 bits per heavy atom. The largest absolute Gasteiger partial charge is 0.497 e. The second kappa shape index (κ2) is 7.60. The maximum absolute atomic E-state index is 12.3. The van der Waals surface area contributed by atoms with Crippen LogP contribution >= 0.6 is 0 Å². The number of nitrogens with one attached hydrogen (secondary N) is 2. The topological polar surface area (TPSA) is 127 Å². The van der Waals surface area contributed by atoms with Gasteiger partial charge in [0.1, 0.15) is 5.75 Å². The first-order chi connectivity index (χ1) is 12.9. The molecule has 2 aromatic carbocycles. The summed E-state index contributed by atoms with van der Waals surface area (Å²) in [6, 6.07) is 12.9. The van der Waals surface area contributed by atoms with Crippen LogP contribution < -0.4 is 15.2 Å². The van der Waals surface area contributed by atoms with Gasteiger partial charge in [-0.05, 0) is 48.5 Å². The number of ether oxygens (including phenoxy) is 1. The van der Waals surface area contributed by atoms with Gasteiger partial charge in [0.05, 0.1) is 23.9 Å². The lowest BCUT2D eigenvalue weighted by Crippen LogP contribution is -2.23. The fourth-order valence-corrected chi connectivity index (χ4v) is 3.04. The van der Waals surface area contributed by atoms with Crippen LogP contribution in [0, 0.1) is 0 Å². The zero-order valence-corrected chi connectivity index (χ0v) is 15.3. The number of hydrogen-bond acceptors (Lipinski definition) is 5. The van der Waals surface area contributed by atoms with Crippen molar-refractivity contribution in [2.45, 2.75) is 11.4 Å². The number of carbonyl (C=O) groups excluding carboxylic acids is 1. The molecule has 1 aromatic heterocycles. The van der Waals surface area contributed by atoms with Crippen molar-refractivity contribution in [3.05, 3.63) is 65.9 Å². The molecule has 0 bridgehead atoms. The third kappa shape index (κ3) is 4.33. The van der Waals surface area contributed by atoms with Crippen molar-refractivity contribution >= 4 is 15.9 Å². The van der Waals surface area contributed by atoms with Gasteiger partial charge in [-0.3, -0.25) is 9.89 Å². The molecule has 0 aliphatic rings. The second-order valence-electron chi connectivity index (χ2n) is 5.75. The van der Waals surface area contributed by atoms with Crippen molar-refractivity contribution in [3.63, 3.8) is 0 Å². The summed E-state index contributed by atoms with van der Waals surface area (Å²) in [5.41, 5.74) is 2.85.